The number of carbonyl (C=O) groups is 1. The number of carbonyl (C=O) groups excluding carboxylic acids is 1. The van der Waals surface area contributed by atoms with Crippen LogP contribution in [0.3, 0.4) is 0 Å². The molecule has 4 rings (SSSR count). The van der Waals surface area contributed by atoms with E-state index in [1.807, 2.05) is 52.0 Å². The smallest absolute Gasteiger partial charge is 0.260 e. The summed E-state index contributed by atoms with van der Waals surface area (Å²) in [4.78, 5) is 24.7. The van der Waals surface area contributed by atoms with Gasteiger partial charge in [-0.05, 0) is 69.2 Å². The first-order chi connectivity index (χ1) is 17.0. The van der Waals surface area contributed by atoms with Crippen LogP contribution >= 0.6 is 11.3 Å². The van der Waals surface area contributed by atoms with Crippen molar-refractivity contribution in [1.82, 2.24) is 9.97 Å². The Kier molecular flexibility index (Phi) is 7.82. The van der Waals surface area contributed by atoms with Crippen molar-refractivity contribution >= 4 is 32.6 Å². The maximum Gasteiger partial charge on any atom is 0.260 e. The number of aromatic nitrogens is 2. The standard InChI is InChI=1S/C27H29N3O4S/c1-5-32-22-14-20(15-23(33-6-2)25(22)34-7-3)26(31)30(17-19-9-8-12-28-16-19)27-29-21-11-10-18(4)13-24(21)35-27/h8-16H,5-7,17H2,1-4H3. The minimum atomic E-state index is -0.213. The van der Waals surface area contributed by atoms with Gasteiger partial charge in [-0.15, -0.1) is 0 Å². The first-order valence-electron chi connectivity index (χ1n) is 11.7. The molecule has 2 heterocycles. The Morgan fingerprint density at radius 2 is 1.69 bits per heavy atom. The molecule has 0 aliphatic rings. The van der Waals surface area contributed by atoms with Gasteiger partial charge in [0.25, 0.3) is 5.91 Å². The number of amides is 1. The average molecular weight is 492 g/mol. The van der Waals surface area contributed by atoms with Crippen LogP contribution in [0.4, 0.5) is 5.13 Å². The zero-order chi connectivity index (χ0) is 24.8. The highest BCUT2D eigenvalue weighted by molar-refractivity contribution is 7.22. The highest BCUT2D eigenvalue weighted by Crippen LogP contribution is 2.40. The lowest BCUT2D eigenvalue weighted by molar-refractivity contribution is 0.0984. The summed E-state index contributed by atoms with van der Waals surface area (Å²) in [6, 6.07) is 13.3. The molecule has 0 radical (unpaired) electrons. The van der Waals surface area contributed by atoms with Crippen molar-refractivity contribution in [2.24, 2.45) is 0 Å². The number of fused-ring (bicyclic) bond motifs is 1. The van der Waals surface area contributed by atoms with E-state index in [1.165, 1.54) is 11.3 Å². The average Bonchev–Trinajstić information content (AvgIpc) is 3.27. The normalized spacial score (nSPS) is 10.9. The van der Waals surface area contributed by atoms with E-state index in [4.69, 9.17) is 19.2 Å². The quantitative estimate of drug-likeness (QED) is 0.269. The van der Waals surface area contributed by atoms with Crippen molar-refractivity contribution in [3.05, 3.63) is 71.5 Å². The van der Waals surface area contributed by atoms with E-state index >= 15 is 0 Å². The van der Waals surface area contributed by atoms with Gasteiger partial charge in [0.2, 0.25) is 5.75 Å². The topological polar surface area (TPSA) is 73.8 Å². The number of aryl methyl sites for hydroxylation is 1. The molecule has 0 spiro atoms. The summed E-state index contributed by atoms with van der Waals surface area (Å²) >= 11 is 1.49. The van der Waals surface area contributed by atoms with Gasteiger partial charge in [0, 0.05) is 18.0 Å². The van der Waals surface area contributed by atoms with Crippen LogP contribution in [0.2, 0.25) is 0 Å². The molecule has 0 atom stereocenters. The van der Waals surface area contributed by atoms with Crippen LogP contribution < -0.4 is 19.1 Å². The van der Waals surface area contributed by atoms with Gasteiger partial charge in [-0.2, -0.15) is 0 Å². The molecule has 35 heavy (non-hydrogen) atoms. The number of anilines is 1. The number of pyridine rings is 1. The summed E-state index contributed by atoms with van der Waals surface area (Å²) in [6.45, 7) is 9.36. The number of hydrogen-bond acceptors (Lipinski definition) is 7. The predicted molar refractivity (Wildman–Crippen MR) is 139 cm³/mol. The second kappa shape index (κ2) is 11.2. The van der Waals surface area contributed by atoms with Gasteiger partial charge in [0.05, 0.1) is 36.6 Å². The molecule has 4 aromatic rings. The first-order valence-corrected chi connectivity index (χ1v) is 12.5. The third kappa shape index (κ3) is 5.54. The van der Waals surface area contributed by atoms with Gasteiger partial charge in [-0.1, -0.05) is 23.5 Å². The Bertz CT molecular complexity index is 1280. The molecule has 7 nitrogen and oxygen atoms in total. The van der Waals surface area contributed by atoms with Crippen molar-refractivity contribution in [2.75, 3.05) is 24.7 Å². The van der Waals surface area contributed by atoms with Crippen molar-refractivity contribution in [3.8, 4) is 17.2 Å². The van der Waals surface area contributed by atoms with Gasteiger partial charge in [0.1, 0.15) is 0 Å². The van der Waals surface area contributed by atoms with Gasteiger partial charge in [-0.25, -0.2) is 4.98 Å². The largest absolute Gasteiger partial charge is 0.490 e. The molecular weight excluding hydrogens is 462 g/mol. The minimum Gasteiger partial charge on any atom is -0.490 e. The van der Waals surface area contributed by atoms with Crippen LogP contribution in [0, 0.1) is 6.92 Å². The highest BCUT2D eigenvalue weighted by Gasteiger charge is 2.25. The fraction of sp³-hybridized carbons (Fsp3) is 0.296. The highest BCUT2D eigenvalue weighted by atomic mass is 32.1. The number of rotatable bonds is 10. The van der Waals surface area contributed by atoms with Crippen LogP contribution in [-0.2, 0) is 6.54 Å². The van der Waals surface area contributed by atoms with Gasteiger partial charge < -0.3 is 14.2 Å². The maximum atomic E-state index is 14.0. The maximum absolute atomic E-state index is 14.0. The number of ether oxygens (including phenoxy) is 3. The summed E-state index contributed by atoms with van der Waals surface area (Å²) in [5.74, 6) is 1.24. The molecule has 0 saturated carbocycles. The Morgan fingerprint density at radius 3 is 2.31 bits per heavy atom. The summed E-state index contributed by atoms with van der Waals surface area (Å²) in [5, 5.41) is 0.615. The molecule has 182 valence electrons. The van der Waals surface area contributed by atoms with Crippen molar-refractivity contribution < 1.29 is 19.0 Å². The Hall–Kier alpha value is -3.65. The molecule has 8 heteroatoms. The van der Waals surface area contributed by atoms with Gasteiger partial charge in [0.15, 0.2) is 16.6 Å². The van der Waals surface area contributed by atoms with Crippen LogP contribution in [-0.4, -0.2) is 35.7 Å². The number of nitrogens with zero attached hydrogens (tertiary/aromatic N) is 3. The summed E-state index contributed by atoms with van der Waals surface area (Å²) < 4.78 is 18.5. The van der Waals surface area contributed by atoms with Crippen molar-refractivity contribution in [1.29, 1.82) is 0 Å². The lowest BCUT2D eigenvalue weighted by Gasteiger charge is -2.22. The summed E-state index contributed by atoms with van der Waals surface area (Å²) in [5.41, 5.74) is 3.33. The van der Waals surface area contributed by atoms with Crippen molar-refractivity contribution in [3.63, 3.8) is 0 Å². The lowest BCUT2D eigenvalue weighted by Crippen LogP contribution is -2.30. The van der Waals surface area contributed by atoms with E-state index in [1.54, 1.807) is 29.4 Å². The fourth-order valence-corrected chi connectivity index (χ4v) is 4.77. The fourth-order valence-electron chi connectivity index (χ4n) is 3.70. The van der Waals surface area contributed by atoms with E-state index in [2.05, 4.69) is 11.1 Å². The van der Waals surface area contributed by atoms with E-state index < -0.39 is 0 Å². The number of benzene rings is 2. The van der Waals surface area contributed by atoms with E-state index in [9.17, 15) is 4.79 Å². The van der Waals surface area contributed by atoms with Crippen molar-refractivity contribution in [2.45, 2.75) is 34.2 Å². The third-order valence-corrected chi connectivity index (χ3v) is 6.27. The molecular formula is C27H29N3O4S. The monoisotopic (exact) mass is 491 g/mol. The molecule has 0 saturated heterocycles. The third-order valence-electron chi connectivity index (χ3n) is 5.23. The van der Waals surface area contributed by atoms with Crippen LogP contribution in [0.5, 0.6) is 17.2 Å². The summed E-state index contributed by atoms with van der Waals surface area (Å²) in [7, 11) is 0. The molecule has 1 amide bonds. The Balaban J connectivity index is 1.81. The molecule has 0 aliphatic heterocycles. The molecule has 0 unspecified atom stereocenters. The predicted octanol–water partition coefficient (Wildman–Crippen LogP) is 6.04. The molecule has 0 aliphatic carbocycles. The van der Waals surface area contributed by atoms with E-state index in [0.29, 0.717) is 54.3 Å². The lowest BCUT2D eigenvalue weighted by atomic mass is 10.1. The molecule has 2 aromatic heterocycles. The Morgan fingerprint density at radius 1 is 0.971 bits per heavy atom. The van der Waals surface area contributed by atoms with Crippen LogP contribution in [0.1, 0.15) is 42.3 Å². The summed E-state index contributed by atoms with van der Waals surface area (Å²) in [6.07, 6.45) is 3.47. The SMILES string of the molecule is CCOc1cc(C(=O)N(Cc2cccnc2)c2nc3ccc(C)cc3s2)cc(OCC)c1OCC. The minimum absolute atomic E-state index is 0.213. The van der Waals surface area contributed by atoms with Crippen LogP contribution in [0.25, 0.3) is 10.2 Å². The molecule has 2 aromatic carbocycles. The second-order valence-electron chi connectivity index (χ2n) is 7.82. The number of hydrogen-bond donors (Lipinski definition) is 0. The van der Waals surface area contributed by atoms with Gasteiger partial charge >= 0.3 is 0 Å². The van der Waals surface area contributed by atoms with Crippen LogP contribution in [0.15, 0.2) is 54.9 Å². The van der Waals surface area contributed by atoms with E-state index in [-0.39, 0.29) is 5.91 Å². The Labute approximate surface area is 209 Å². The second-order valence-corrected chi connectivity index (χ2v) is 8.83. The zero-order valence-electron chi connectivity index (χ0n) is 20.4. The molecule has 0 N–H and O–H groups in total. The first kappa shape index (κ1) is 24.5. The van der Waals surface area contributed by atoms with Gasteiger partial charge in [-0.3, -0.25) is 14.7 Å². The van der Waals surface area contributed by atoms with E-state index in [0.717, 1.165) is 21.3 Å². The zero-order valence-corrected chi connectivity index (χ0v) is 21.2. The molecule has 0 bridgehead atoms. The number of thiazole rings is 1. The molecule has 0 fully saturated rings.